The molecule has 60 valence electrons. The highest BCUT2D eigenvalue weighted by Crippen LogP contribution is 1.97. The molecule has 0 amide bonds. The Bertz CT molecular complexity index is 102. The second kappa shape index (κ2) is 5.20. The van der Waals surface area contributed by atoms with Crippen LogP contribution >= 0.6 is 0 Å². The molecule has 0 radical (unpaired) electrons. The summed E-state index contributed by atoms with van der Waals surface area (Å²) in [5.41, 5.74) is 0. The summed E-state index contributed by atoms with van der Waals surface area (Å²) in [5.74, 6) is -0.448. The van der Waals surface area contributed by atoms with Gasteiger partial charge in [-0.3, -0.25) is 0 Å². The van der Waals surface area contributed by atoms with Crippen LogP contribution in [0.3, 0.4) is 0 Å². The lowest BCUT2D eigenvalue weighted by molar-refractivity contribution is -0.153. The van der Waals surface area contributed by atoms with E-state index in [-0.39, 0.29) is 13.0 Å². The van der Waals surface area contributed by atoms with E-state index in [1.54, 1.807) is 0 Å². The van der Waals surface area contributed by atoms with E-state index in [0.29, 0.717) is 0 Å². The van der Waals surface area contributed by atoms with Crippen LogP contribution in [0.4, 0.5) is 0 Å². The Morgan fingerprint density at radius 2 is 2.20 bits per heavy atom. The highest BCUT2D eigenvalue weighted by molar-refractivity contribution is 5.74. The third-order valence-corrected chi connectivity index (χ3v) is 1.14. The van der Waals surface area contributed by atoms with E-state index in [1.807, 2.05) is 0 Å². The van der Waals surface area contributed by atoms with Gasteiger partial charge in [0, 0.05) is 20.1 Å². The highest BCUT2D eigenvalue weighted by atomic mass is 16.6. The van der Waals surface area contributed by atoms with Gasteiger partial charge in [-0.15, -0.1) is 0 Å². The van der Waals surface area contributed by atoms with Crippen molar-refractivity contribution >= 4 is 5.97 Å². The van der Waals surface area contributed by atoms with E-state index in [1.165, 1.54) is 14.2 Å². The van der Waals surface area contributed by atoms with Gasteiger partial charge in [0.25, 0.3) is 0 Å². The number of esters is 1. The Hall–Kier alpha value is -0.610. The lowest BCUT2D eigenvalue weighted by atomic mass is 10.3. The Morgan fingerprint density at radius 3 is 2.50 bits per heavy atom. The first kappa shape index (κ1) is 9.39. The fourth-order valence-electron chi connectivity index (χ4n) is 0.581. The van der Waals surface area contributed by atoms with Crippen molar-refractivity contribution in [2.75, 3.05) is 20.8 Å². The number of carbonyl (C=O) groups excluding carboxylic acids is 1. The zero-order valence-electron chi connectivity index (χ0n) is 6.16. The van der Waals surface area contributed by atoms with E-state index < -0.39 is 12.1 Å². The van der Waals surface area contributed by atoms with Gasteiger partial charge in [0.15, 0.2) is 6.10 Å². The minimum absolute atomic E-state index is 0.0758. The SMILES string of the molecule is COC(=O)[C@@H](CCO)OC. The summed E-state index contributed by atoms with van der Waals surface area (Å²) in [7, 11) is 2.68. The minimum Gasteiger partial charge on any atom is -0.467 e. The van der Waals surface area contributed by atoms with Gasteiger partial charge in [-0.05, 0) is 0 Å². The molecular weight excluding hydrogens is 136 g/mol. The second-order valence-electron chi connectivity index (χ2n) is 1.76. The number of aliphatic hydroxyl groups excluding tert-OH is 1. The van der Waals surface area contributed by atoms with Crippen LogP contribution in [0.5, 0.6) is 0 Å². The molecule has 0 aromatic heterocycles. The average Bonchev–Trinajstić information content (AvgIpc) is 1.99. The van der Waals surface area contributed by atoms with Gasteiger partial charge >= 0.3 is 5.97 Å². The molecule has 0 saturated carbocycles. The Morgan fingerprint density at radius 1 is 1.60 bits per heavy atom. The summed E-state index contributed by atoms with van der Waals surface area (Å²) < 4.78 is 9.09. The van der Waals surface area contributed by atoms with Crippen molar-refractivity contribution in [3.8, 4) is 0 Å². The topological polar surface area (TPSA) is 55.8 Å². The van der Waals surface area contributed by atoms with Crippen molar-refractivity contribution < 1.29 is 19.4 Å². The van der Waals surface area contributed by atoms with E-state index >= 15 is 0 Å². The Balaban J connectivity index is 3.68. The maximum Gasteiger partial charge on any atom is 0.335 e. The fraction of sp³-hybridized carbons (Fsp3) is 0.833. The van der Waals surface area contributed by atoms with Crippen LogP contribution in [0.2, 0.25) is 0 Å². The molecule has 0 aliphatic heterocycles. The monoisotopic (exact) mass is 148 g/mol. The number of aliphatic hydroxyl groups is 1. The summed E-state index contributed by atoms with van der Waals surface area (Å²) in [5, 5.41) is 8.42. The van der Waals surface area contributed by atoms with Gasteiger partial charge in [-0.25, -0.2) is 4.79 Å². The van der Waals surface area contributed by atoms with E-state index in [4.69, 9.17) is 9.84 Å². The van der Waals surface area contributed by atoms with E-state index in [2.05, 4.69) is 4.74 Å². The first-order valence-electron chi connectivity index (χ1n) is 2.97. The molecule has 0 aliphatic rings. The number of methoxy groups -OCH3 is 2. The lowest BCUT2D eigenvalue weighted by Crippen LogP contribution is -2.25. The molecule has 0 aliphatic carbocycles. The summed E-state index contributed by atoms with van der Waals surface area (Å²) >= 11 is 0. The molecule has 0 aromatic rings. The van der Waals surface area contributed by atoms with E-state index in [9.17, 15) is 4.79 Å². The molecule has 10 heavy (non-hydrogen) atoms. The molecule has 0 fully saturated rings. The number of rotatable bonds is 4. The summed E-state index contributed by atoms with van der Waals surface area (Å²) in [6, 6.07) is 0. The van der Waals surface area contributed by atoms with Crippen LogP contribution in [-0.2, 0) is 14.3 Å². The zero-order valence-corrected chi connectivity index (χ0v) is 6.16. The quantitative estimate of drug-likeness (QED) is 0.549. The number of hydrogen-bond acceptors (Lipinski definition) is 4. The lowest BCUT2D eigenvalue weighted by Gasteiger charge is -2.09. The molecule has 4 heteroatoms. The minimum atomic E-state index is -0.630. The second-order valence-corrected chi connectivity index (χ2v) is 1.76. The Labute approximate surface area is 59.7 Å². The summed E-state index contributed by atoms with van der Waals surface area (Å²) in [6.45, 7) is -0.0758. The van der Waals surface area contributed by atoms with Crippen molar-refractivity contribution in [2.45, 2.75) is 12.5 Å². The Kier molecular flexibility index (Phi) is 4.88. The number of hydrogen-bond donors (Lipinski definition) is 1. The molecule has 1 N–H and O–H groups in total. The average molecular weight is 148 g/mol. The van der Waals surface area contributed by atoms with E-state index in [0.717, 1.165) is 0 Å². The van der Waals surface area contributed by atoms with Crippen LogP contribution < -0.4 is 0 Å². The molecule has 1 atom stereocenters. The predicted molar refractivity (Wildman–Crippen MR) is 34.5 cm³/mol. The van der Waals surface area contributed by atoms with Crippen LogP contribution in [-0.4, -0.2) is 38.0 Å². The first-order chi connectivity index (χ1) is 4.76. The third kappa shape index (κ3) is 2.80. The third-order valence-electron chi connectivity index (χ3n) is 1.14. The van der Waals surface area contributed by atoms with Crippen molar-refractivity contribution in [2.24, 2.45) is 0 Å². The maximum atomic E-state index is 10.7. The van der Waals surface area contributed by atoms with Crippen molar-refractivity contribution in [3.05, 3.63) is 0 Å². The first-order valence-corrected chi connectivity index (χ1v) is 2.97. The number of ether oxygens (including phenoxy) is 2. The van der Waals surface area contributed by atoms with Crippen molar-refractivity contribution in [1.82, 2.24) is 0 Å². The smallest absolute Gasteiger partial charge is 0.335 e. The molecule has 0 rings (SSSR count). The summed E-state index contributed by atoms with van der Waals surface area (Å²) in [4.78, 5) is 10.7. The van der Waals surface area contributed by atoms with Crippen LogP contribution in [0.25, 0.3) is 0 Å². The normalized spacial score (nSPS) is 12.7. The standard InChI is InChI=1S/C6H12O4/c1-9-5(3-4-7)6(8)10-2/h5,7H,3-4H2,1-2H3/t5-/m1/s1. The number of carbonyl (C=O) groups is 1. The molecule has 0 saturated heterocycles. The van der Waals surface area contributed by atoms with Gasteiger partial charge in [0.2, 0.25) is 0 Å². The van der Waals surface area contributed by atoms with Crippen molar-refractivity contribution in [3.63, 3.8) is 0 Å². The van der Waals surface area contributed by atoms with Gasteiger partial charge in [0.1, 0.15) is 0 Å². The molecule has 0 aromatic carbocycles. The predicted octanol–water partition coefficient (Wildman–Crippen LogP) is -0.443. The molecule has 4 nitrogen and oxygen atoms in total. The highest BCUT2D eigenvalue weighted by Gasteiger charge is 2.16. The largest absolute Gasteiger partial charge is 0.467 e. The van der Waals surface area contributed by atoms with Crippen LogP contribution in [0, 0.1) is 0 Å². The van der Waals surface area contributed by atoms with Gasteiger partial charge in [0.05, 0.1) is 7.11 Å². The van der Waals surface area contributed by atoms with Gasteiger partial charge in [-0.1, -0.05) is 0 Å². The molecule has 0 spiro atoms. The van der Waals surface area contributed by atoms with Gasteiger partial charge < -0.3 is 14.6 Å². The zero-order chi connectivity index (χ0) is 7.98. The van der Waals surface area contributed by atoms with Crippen LogP contribution in [0.15, 0.2) is 0 Å². The van der Waals surface area contributed by atoms with Crippen molar-refractivity contribution in [1.29, 1.82) is 0 Å². The molecular formula is C6H12O4. The van der Waals surface area contributed by atoms with Gasteiger partial charge in [-0.2, -0.15) is 0 Å². The van der Waals surface area contributed by atoms with Crippen LogP contribution in [0.1, 0.15) is 6.42 Å². The molecule has 0 unspecified atom stereocenters. The molecule has 0 heterocycles. The summed E-state index contributed by atoms with van der Waals surface area (Å²) in [6.07, 6.45) is -0.349. The molecule has 0 bridgehead atoms. The maximum absolute atomic E-state index is 10.7. The fourth-order valence-corrected chi connectivity index (χ4v) is 0.581.